The van der Waals surface area contributed by atoms with Crippen LogP contribution in [0.1, 0.15) is 30.3 Å². The number of hydrogen-bond donors (Lipinski definition) is 2. The Morgan fingerprint density at radius 1 is 1.33 bits per heavy atom. The van der Waals surface area contributed by atoms with Crippen LogP contribution in [0.4, 0.5) is 0 Å². The molecule has 0 aliphatic carbocycles. The third-order valence-electron chi connectivity index (χ3n) is 3.03. The second-order valence-electron chi connectivity index (χ2n) is 4.65. The molecule has 0 radical (unpaired) electrons. The minimum atomic E-state index is -3.50. The van der Waals surface area contributed by atoms with E-state index in [2.05, 4.69) is 15.0 Å². The summed E-state index contributed by atoms with van der Waals surface area (Å²) >= 11 is 1.45. The maximum absolute atomic E-state index is 12.4. The first-order valence-corrected chi connectivity index (χ1v) is 9.09. The highest BCUT2D eigenvalue weighted by Gasteiger charge is 2.19. The number of hydrogen-bond acceptors (Lipinski definition) is 5. The molecule has 0 amide bonds. The van der Waals surface area contributed by atoms with E-state index in [1.165, 1.54) is 11.3 Å². The number of aromatic nitrogens is 1. The summed E-state index contributed by atoms with van der Waals surface area (Å²) in [6, 6.07) is 5.03. The van der Waals surface area contributed by atoms with Crippen molar-refractivity contribution in [3.05, 3.63) is 46.4 Å². The first kappa shape index (κ1) is 16.1. The molecule has 2 rings (SSSR count). The smallest absolute Gasteiger partial charge is 0.241 e. The van der Waals surface area contributed by atoms with Gasteiger partial charge in [0.05, 0.1) is 4.90 Å². The molecule has 5 nitrogen and oxygen atoms in total. The fourth-order valence-electron chi connectivity index (χ4n) is 1.86. The molecule has 2 heterocycles. The van der Waals surface area contributed by atoms with Crippen molar-refractivity contribution < 1.29 is 8.42 Å². The normalized spacial score (nSPS) is 13.2. The van der Waals surface area contributed by atoms with E-state index >= 15 is 0 Å². The largest absolute Gasteiger partial charge is 0.312 e. The Bertz CT molecular complexity index is 669. The summed E-state index contributed by atoms with van der Waals surface area (Å²) in [6.07, 6.45) is 3.30. The molecule has 21 heavy (non-hydrogen) atoms. The molecule has 0 saturated carbocycles. The first-order chi connectivity index (χ1) is 10.0. The van der Waals surface area contributed by atoms with E-state index in [1.807, 2.05) is 13.8 Å². The molecule has 1 atom stereocenters. The molecule has 2 N–H and O–H groups in total. The van der Waals surface area contributed by atoms with Crippen LogP contribution in [0.5, 0.6) is 0 Å². The van der Waals surface area contributed by atoms with Gasteiger partial charge in [-0.1, -0.05) is 6.92 Å². The third-order valence-corrected chi connectivity index (χ3v) is 5.63. The predicted octanol–water partition coefficient (Wildman–Crippen LogP) is 2.29. The number of nitrogens with one attached hydrogen (secondary N) is 2. The highest BCUT2D eigenvalue weighted by molar-refractivity contribution is 7.89. The van der Waals surface area contributed by atoms with E-state index in [4.69, 9.17) is 0 Å². The van der Waals surface area contributed by atoms with Crippen molar-refractivity contribution in [2.45, 2.75) is 31.3 Å². The second-order valence-corrected chi connectivity index (χ2v) is 7.36. The Hall–Kier alpha value is -1.28. The number of pyridine rings is 1. The molecular formula is C14H19N3O2S2. The zero-order valence-corrected chi connectivity index (χ0v) is 13.7. The van der Waals surface area contributed by atoms with Crippen LogP contribution >= 0.6 is 11.3 Å². The summed E-state index contributed by atoms with van der Waals surface area (Å²) < 4.78 is 27.4. The summed E-state index contributed by atoms with van der Waals surface area (Å²) in [5.74, 6) is 0. The summed E-state index contributed by atoms with van der Waals surface area (Å²) in [5.41, 5.74) is 0.886. The van der Waals surface area contributed by atoms with Gasteiger partial charge >= 0.3 is 0 Å². The molecule has 0 saturated heterocycles. The number of rotatable bonds is 7. The molecule has 0 aromatic carbocycles. The van der Waals surface area contributed by atoms with Gasteiger partial charge in [0, 0.05) is 35.2 Å². The summed E-state index contributed by atoms with van der Waals surface area (Å²) in [6.45, 7) is 5.38. The van der Waals surface area contributed by atoms with Gasteiger partial charge in [0.15, 0.2) is 0 Å². The Balaban J connectivity index is 2.09. The zero-order chi connectivity index (χ0) is 15.3. The Kier molecular flexibility index (Phi) is 5.46. The molecule has 0 fully saturated rings. The number of thiophene rings is 1. The Labute approximate surface area is 129 Å². The Morgan fingerprint density at radius 3 is 2.71 bits per heavy atom. The number of nitrogens with zero attached hydrogens (tertiary/aromatic N) is 1. The molecule has 114 valence electrons. The molecule has 0 spiro atoms. The van der Waals surface area contributed by atoms with Gasteiger partial charge in [0.2, 0.25) is 10.0 Å². The van der Waals surface area contributed by atoms with Crippen molar-refractivity contribution in [1.82, 2.24) is 15.0 Å². The van der Waals surface area contributed by atoms with Crippen molar-refractivity contribution in [1.29, 1.82) is 0 Å². The fraction of sp³-hybridized carbons (Fsp3) is 0.357. The van der Waals surface area contributed by atoms with Gasteiger partial charge in [0.1, 0.15) is 0 Å². The monoisotopic (exact) mass is 325 g/mol. The van der Waals surface area contributed by atoms with Crippen LogP contribution in [0.15, 0.2) is 40.9 Å². The van der Waals surface area contributed by atoms with Crippen LogP contribution in [-0.4, -0.2) is 19.9 Å². The van der Waals surface area contributed by atoms with Crippen LogP contribution < -0.4 is 10.0 Å². The van der Waals surface area contributed by atoms with Crippen LogP contribution in [0.25, 0.3) is 0 Å². The quantitative estimate of drug-likeness (QED) is 0.819. The molecule has 1 unspecified atom stereocenters. The summed E-state index contributed by atoms with van der Waals surface area (Å²) in [5, 5.41) is 4.86. The van der Waals surface area contributed by atoms with Crippen LogP contribution in [0.2, 0.25) is 0 Å². The van der Waals surface area contributed by atoms with Crippen molar-refractivity contribution in [2.24, 2.45) is 0 Å². The fourth-order valence-corrected chi connectivity index (χ4v) is 4.34. The highest BCUT2D eigenvalue weighted by atomic mass is 32.2. The average molecular weight is 325 g/mol. The molecule has 2 aromatic rings. The lowest BCUT2D eigenvalue weighted by atomic mass is 10.1. The maximum atomic E-state index is 12.4. The van der Waals surface area contributed by atoms with Crippen molar-refractivity contribution in [2.75, 3.05) is 6.54 Å². The Morgan fingerprint density at radius 2 is 2.05 bits per heavy atom. The van der Waals surface area contributed by atoms with Crippen LogP contribution in [-0.2, 0) is 16.6 Å². The van der Waals surface area contributed by atoms with Gasteiger partial charge < -0.3 is 5.32 Å². The minimum Gasteiger partial charge on any atom is -0.312 e. The molecule has 0 bridgehead atoms. The van der Waals surface area contributed by atoms with Crippen molar-refractivity contribution in [3.8, 4) is 0 Å². The molecule has 0 aliphatic heterocycles. The summed E-state index contributed by atoms with van der Waals surface area (Å²) in [4.78, 5) is 5.26. The first-order valence-electron chi connectivity index (χ1n) is 6.73. The van der Waals surface area contributed by atoms with E-state index in [-0.39, 0.29) is 6.04 Å². The van der Waals surface area contributed by atoms with Gasteiger partial charge in [-0.15, -0.1) is 11.3 Å². The van der Waals surface area contributed by atoms with E-state index in [1.54, 1.807) is 36.0 Å². The van der Waals surface area contributed by atoms with Crippen LogP contribution in [0.3, 0.4) is 0 Å². The molecule has 2 aromatic heterocycles. The molecule has 0 aliphatic rings. The van der Waals surface area contributed by atoms with Crippen LogP contribution in [0, 0.1) is 0 Å². The van der Waals surface area contributed by atoms with Gasteiger partial charge in [-0.05, 0) is 37.2 Å². The molecular weight excluding hydrogens is 306 g/mol. The predicted molar refractivity (Wildman–Crippen MR) is 84.7 cm³/mol. The lowest BCUT2D eigenvalue weighted by molar-refractivity contribution is 0.567. The lowest BCUT2D eigenvalue weighted by Crippen LogP contribution is -2.26. The topological polar surface area (TPSA) is 71.1 Å². The average Bonchev–Trinajstić information content (AvgIpc) is 2.95. The third kappa shape index (κ3) is 4.34. The van der Waals surface area contributed by atoms with E-state index in [9.17, 15) is 8.42 Å². The van der Waals surface area contributed by atoms with Crippen molar-refractivity contribution in [3.63, 3.8) is 0 Å². The lowest BCUT2D eigenvalue weighted by Gasteiger charge is -2.13. The summed E-state index contributed by atoms with van der Waals surface area (Å²) in [7, 11) is -3.50. The van der Waals surface area contributed by atoms with E-state index in [0.717, 1.165) is 17.0 Å². The highest BCUT2D eigenvalue weighted by Crippen LogP contribution is 2.21. The minimum absolute atomic E-state index is 0.296. The number of sulfonamides is 1. The standard InChI is InChI=1S/C14H19N3O2S2/c1-3-15-9-13-8-14(10-20-13)21(18,19)17-11(2)12-4-6-16-7-5-12/h4-8,10-11,15,17H,3,9H2,1-2H3. The van der Waals surface area contributed by atoms with Gasteiger partial charge in [-0.3, -0.25) is 4.98 Å². The molecule has 7 heteroatoms. The zero-order valence-electron chi connectivity index (χ0n) is 12.0. The van der Waals surface area contributed by atoms with Gasteiger partial charge in [-0.25, -0.2) is 13.1 Å². The van der Waals surface area contributed by atoms with Gasteiger partial charge in [0.25, 0.3) is 0 Å². The SMILES string of the molecule is CCNCc1cc(S(=O)(=O)NC(C)c2ccncc2)cs1. The van der Waals surface area contributed by atoms with Gasteiger partial charge in [-0.2, -0.15) is 0 Å². The van der Waals surface area contributed by atoms with E-state index in [0.29, 0.717) is 11.4 Å². The maximum Gasteiger partial charge on any atom is 0.241 e. The second kappa shape index (κ2) is 7.13. The van der Waals surface area contributed by atoms with E-state index < -0.39 is 10.0 Å². The van der Waals surface area contributed by atoms with Crippen molar-refractivity contribution >= 4 is 21.4 Å².